The number of hydrogen-bond donors (Lipinski definition) is 1. The van der Waals surface area contributed by atoms with E-state index in [1.165, 1.54) is 32.1 Å². The molecule has 0 bridgehead atoms. The molecular weight excluding hydrogens is 321 g/mol. The van der Waals surface area contributed by atoms with E-state index in [2.05, 4.69) is 33.2 Å². The fourth-order valence-corrected chi connectivity index (χ4v) is 4.25. The number of nitrogens with one attached hydrogen (secondary N) is 1. The Morgan fingerprint density at radius 2 is 1.46 bits per heavy atom. The Hall–Kier alpha value is 0.110. The van der Waals surface area contributed by atoms with Gasteiger partial charge < -0.3 is 4.52 Å². The van der Waals surface area contributed by atoms with Crippen LogP contribution in [0.3, 0.4) is 0 Å². The van der Waals surface area contributed by atoms with Gasteiger partial charge in [0, 0.05) is 6.54 Å². The Labute approximate surface area is 151 Å². The van der Waals surface area contributed by atoms with Crippen LogP contribution in [0.2, 0.25) is 0 Å². The van der Waals surface area contributed by atoms with Crippen LogP contribution in [0, 0.1) is 11.8 Å². The van der Waals surface area contributed by atoms with Crippen molar-refractivity contribution in [3.63, 3.8) is 0 Å². The first-order chi connectivity index (χ1) is 11.5. The maximum absolute atomic E-state index is 12.9. The molecule has 0 fully saturated rings. The standard InChI is InChI=1S/C19H42NO3P/c1-6-11-13-18(9-4)16-20-23-24(21,15-8-3)22-17-19(10-5)14-12-7-2/h18-20H,6-17H2,1-5H3. The van der Waals surface area contributed by atoms with Crippen molar-refractivity contribution in [2.24, 2.45) is 11.8 Å². The quantitative estimate of drug-likeness (QED) is 0.235. The normalized spacial score (nSPS) is 16.7. The van der Waals surface area contributed by atoms with E-state index in [1.807, 2.05) is 6.92 Å². The zero-order valence-electron chi connectivity index (χ0n) is 16.8. The predicted molar refractivity (Wildman–Crippen MR) is 104 cm³/mol. The van der Waals surface area contributed by atoms with Crippen LogP contribution in [0.1, 0.15) is 92.4 Å². The van der Waals surface area contributed by atoms with Crippen LogP contribution < -0.4 is 5.48 Å². The average molecular weight is 364 g/mol. The SMILES string of the molecule is CCCCC(CC)CNOP(=O)(CCC)OCC(CC)CCCC. The Kier molecular flexibility index (Phi) is 15.4. The van der Waals surface area contributed by atoms with E-state index in [4.69, 9.17) is 9.15 Å². The third-order valence-electron chi connectivity index (χ3n) is 4.67. The first kappa shape index (κ1) is 24.1. The van der Waals surface area contributed by atoms with E-state index in [9.17, 15) is 4.57 Å². The number of hydroxylamine groups is 1. The summed E-state index contributed by atoms with van der Waals surface area (Å²) in [6.07, 6.45) is 10.6. The Balaban J connectivity index is 4.34. The first-order valence-corrected chi connectivity index (χ1v) is 11.9. The molecule has 0 aromatic rings. The van der Waals surface area contributed by atoms with Gasteiger partial charge >= 0.3 is 7.60 Å². The molecule has 0 aliphatic rings. The molecular formula is C19H42NO3P. The molecule has 146 valence electrons. The summed E-state index contributed by atoms with van der Waals surface area (Å²) >= 11 is 0. The highest BCUT2D eigenvalue weighted by Crippen LogP contribution is 2.48. The molecule has 0 saturated carbocycles. The van der Waals surface area contributed by atoms with Crippen molar-refractivity contribution in [1.29, 1.82) is 0 Å². The molecule has 0 saturated heterocycles. The van der Waals surface area contributed by atoms with Crippen LogP contribution >= 0.6 is 7.60 Å². The van der Waals surface area contributed by atoms with Crippen LogP contribution in [0.5, 0.6) is 0 Å². The molecule has 0 amide bonds. The van der Waals surface area contributed by atoms with E-state index in [1.54, 1.807) is 0 Å². The smallest absolute Gasteiger partial charge is 0.307 e. The summed E-state index contributed by atoms with van der Waals surface area (Å²) in [5.74, 6) is 1.06. The first-order valence-electron chi connectivity index (χ1n) is 10.2. The predicted octanol–water partition coefficient (Wildman–Crippen LogP) is 6.56. The van der Waals surface area contributed by atoms with Gasteiger partial charge in [0.2, 0.25) is 0 Å². The van der Waals surface area contributed by atoms with Crippen molar-refractivity contribution in [2.75, 3.05) is 19.3 Å². The molecule has 0 radical (unpaired) electrons. The summed E-state index contributed by atoms with van der Waals surface area (Å²) in [6.45, 7) is 12.1. The highest BCUT2D eigenvalue weighted by molar-refractivity contribution is 7.53. The van der Waals surface area contributed by atoms with Gasteiger partial charge in [0.05, 0.1) is 12.8 Å². The molecule has 3 atom stereocenters. The van der Waals surface area contributed by atoms with Crippen molar-refractivity contribution < 1.29 is 13.7 Å². The minimum Gasteiger partial charge on any atom is -0.307 e. The minimum absolute atomic E-state index is 0.478. The van der Waals surface area contributed by atoms with Gasteiger partial charge in [-0.05, 0) is 31.1 Å². The molecule has 0 aliphatic carbocycles. The molecule has 0 heterocycles. The fraction of sp³-hybridized carbons (Fsp3) is 1.00. The lowest BCUT2D eigenvalue weighted by molar-refractivity contribution is 0.113. The van der Waals surface area contributed by atoms with Gasteiger partial charge in [-0.1, -0.05) is 73.1 Å². The molecule has 24 heavy (non-hydrogen) atoms. The van der Waals surface area contributed by atoms with Crippen molar-refractivity contribution in [1.82, 2.24) is 5.48 Å². The van der Waals surface area contributed by atoms with Crippen LogP contribution in [-0.2, 0) is 13.7 Å². The molecule has 0 spiro atoms. The molecule has 0 aromatic carbocycles. The third-order valence-corrected chi connectivity index (χ3v) is 6.61. The van der Waals surface area contributed by atoms with E-state index < -0.39 is 7.60 Å². The zero-order valence-corrected chi connectivity index (χ0v) is 17.7. The van der Waals surface area contributed by atoms with Crippen LogP contribution in [0.25, 0.3) is 0 Å². The van der Waals surface area contributed by atoms with E-state index in [0.717, 1.165) is 32.2 Å². The van der Waals surface area contributed by atoms with Crippen molar-refractivity contribution in [3.05, 3.63) is 0 Å². The number of hydrogen-bond acceptors (Lipinski definition) is 4. The molecule has 0 rings (SSSR count). The van der Waals surface area contributed by atoms with Gasteiger partial charge in [0.25, 0.3) is 0 Å². The maximum Gasteiger partial charge on any atom is 0.346 e. The van der Waals surface area contributed by atoms with Gasteiger partial charge in [-0.25, -0.2) is 4.62 Å². The summed E-state index contributed by atoms with van der Waals surface area (Å²) in [6, 6.07) is 0. The highest BCUT2D eigenvalue weighted by atomic mass is 31.2. The lowest BCUT2D eigenvalue weighted by atomic mass is 10.00. The molecule has 3 unspecified atom stereocenters. The second kappa shape index (κ2) is 15.4. The van der Waals surface area contributed by atoms with Gasteiger partial charge in [-0.3, -0.25) is 4.57 Å². The lowest BCUT2D eigenvalue weighted by Crippen LogP contribution is -2.23. The minimum atomic E-state index is -3.02. The summed E-state index contributed by atoms with van der Waals surface area (Å²) < 4.78 is 24.2. The summed E-state index contributed by atoms with van der Waals surface area (Å²) in [5, 5.41) is 0. The van der Waals surface area contributed by atoms with Crippen molar-refractivity contribution in [3.8, 4) is 0 Å². The van der Waals surface area contributed by atoms with Gasteiger partial charge in [-0.2, -0.15) is 5.48 Å². The Morgan fingerprint density at radius 1 is 0.875 bits per heavy atom. The summed E-state index contributed by atoms with van der Waals surface area (Å²) in [4.78, 5) is 0. The molecule has 4 nitrogen and oxygen atoms in total. The van der Waals surface area contributed by atoms with Crippen molar-refractivity contribution >= 4 is 7.60 Å². The second-order valence-corrected chi connectivity index (χ2v) is 9.01. The third kappa shape index (κ3) is 11.6. The maximum atomic E-state index is 12.9. The van der Waals surface area contributed by atoms with E-state index in [-0.39, 0.29) is 0 Å². The number of rotatable bonds is 17. The topological polar surface area (TPSA) is 47.6 Å². The highest BCUT2D eigenvalue weighted by Gasteiger charge is 2.25. The van der Waals surface area contributed by atoms with E-state index in [0.29, 0.717) is 24.6 Å². The largest absolute Gasteiger partial charge is 0.346 e. The Morgan fingerprint density at radius 3 is 1.96 bits per heavy atom. The second-order valence-electron chi connectivity index (χ2n) is 6.90. The monoisotopic (exact) mass is 363 g/mol. The molecule has 0 aliphatic heterocycles. The number of unbranched alkanes of at least 4 members (excludes halogenated alkanes) is 2. The van der Waals surface area contributed by atoms with Gasteiger partial charge in [-0.15, -0.1) is 0 Å². The fourth-order valence-electron chi connectivity index (χ4n) is 2.72. The van der Waals surface area contributed by atoms with Gasteiger partial charge in [0.15, 0.2) is 0 Å². The molecule has 5 heteroatoms. The zero-order chi connectivity index (χ0) is 18.3. The molecule has 1 N–H and O–H groups in total. The summed E-state index contributed by atoms with van der Waals surface area (Å²) in [5.41, 5.74) is 2.97. The Bertz CT molecular complexity index is 326. The van der Waals surface area contributed by atoms with E-state index >= 15 is 0 Å². The summed E-state index contributed by atoms with van der Waals surface area (Å²) in [7, 11) is -3.02. The lowest BCUT2D eigenvalue weighted by Gasteiger charge is -2.23. The van der Waals surface area contributed by atoms with Crippen molar-refractivity contribution in [2.45, 2.75) is 92.4 Å². The van der Waals surface area contributed by atoms with Crippen LogP contribution in [-0.4, -0.2) is 19.3 Å². The van der Waals surface area contributed by atoms with Crippen LogP contribution in [0.15, 0.2) is 0 Å². The van der Waals surface area contributed by atoms with Gasteiger partial charge in [0.1, 0.15) is 0 Å². The average Bonchev–Trinajstić information content (AvgIpc) is 2.58. The molecule has 0 aromatic heterocycles. The van der Waals surface area contributed by atoms with Crippen LogP contribution in [0.4, 0.5) is 0 Å².